The first kappa shape index (κ1) is 17.2. The molecule has 1 aromatic heterocycles. The quantitative estimate of drug-likeness (QED) is 0.746. The minimum absolute atomic E-state index is 0.0287. The van der Waals surface area contributed by atoms with Gasteiger partial charge in [-0.05, 0) is 55.5 Å². The van der Waals surface area contributed by atoms with Crippen LogP contribution in [0, 0.1) is 0 Å². The Morgan fingerprint density at radius 2 is 1.88 bits per heavy atom. The molecule has 1 saturated carbocycles. The molecule has 0 unspecified atom stereocenters. The van der Waals surface area contributed by atoms with Gasteiger partial charge >= 0.3 is 0 Å². The molecule has 130 valence electrons. The third-order valence-corrected chi connectivity index (χ3v) is 4.54. The lowest BCUT2D eigenvalue weighted by molar-refractivity contribution is -0.118. The van der Waals surface area contributed by atoms with E-state index in [0.29, 0.717) is 21.9 Å². The van der Waals surface area contributed by atoms with E-state index in [9.17, 15) is 14.4 Å². The molecule has 6 nitrogen and oxygen atoms in total. The predicted octanol–water partition coefficient (Wildman–Crippen LogP) is 2.86. The summed E-state index contributed by atoms with van der Waals surface area (Å²) < 4.78 is 5.41. The van der Waals surface area contributed by atoms with Crippen molar-refractivity contribution in [2.45, 2.75) is 25.8 Å². The lowest BCUT2D eigenvalue weighted by Crippen LogP contribution is -2.27. The Balaban J connectivity index is 1.53. The molecule has 1 fully saturated rings. The van der Waals surface area contributed by atoms with Crippen molar-refractivity contribution in [1.82, 2.24) is 5.32 Å². The van der Waals surface area contributed by atoms with Gasteiger partial charge in [0.15, 0.2) is 12.4 Å². The summed E-state index contributed by atoms with van der Waals surface area (Å²) in [6.45, 7) is 1.31. The van der Waals surface area contributed by atoms with Crippen LogP contribution in [0.3, 0.4) is 0 Å². The number of nitrogens with one attached hydrogen (secondary N) is 2. The second-order valence-electron chi connectivity index (χ2n) is 5.83. The zero-order valence-electron chi connectivity index (χ0n) is 13.7. The van der Waals surface area contributed by atoms with Crippen LogP contribution in [0.4, 0.5) is 5.00 Å². The lowest BCUT2D eigenvalue weighted by atomic mass is 10.1. The number of thiophene rings is 1. The van der Waals surface area contributed by atoms with Crippen molar-refractivity contribution in [2.24, 2.45) is 0 Å². The van der Waals surface area contributed by atoms with E-state index in [4.69, 9.17) is 4.74 Å². The second kappa shape index (κ2) is 7.48. The molecule has 2 amide bonds. The summed E-state index contributed by atoms with van der Waals surface area (Å²) >= 11 is 1.29. The van der Waals surface area contributed by atoms with Crippen molar-refractivity contribution < 1.29 is 19.1 Å². The number of Topliss-reactive ketones (excluding diaryl/α,β-unsaturated/α-hetero) is 1. The van der Waals surface area contributed by atoms with E-state index in [-0.39, 0.29) is 30.2 Å². The van der Waals surface area contributed by atoms with Crippen LogP contribution < -0.4 is 15.4 Å². The molecule has 0 radical (unpaired) electrons. The molecule has 0 atom stereocenters. The Labute approximate surface area is 149 Å². The molecule has 2 aromatic rings. The van der Waals surface area contributed by atoms with Crippen LogP contribution in [-0.4, -0.2) is 30.2 Å². The van der Waals surface area contributed by atoms with Crippen molar-refractivity contribution in [2.75, 3.05) is 11.9 Å². The van der Waals surface area contributed by atoms with E-state index in [0.717, 1.165) is 12.8 Å². The Hall–Kier alpha value is -2.67. The van der Waals surface area contributed by atoms with Crippen molar-refractivity contribution in [1.29, 1.82) is 0 Å². The molecule has 1 heterocycles. The van der Waals surface area contributed by atoms with Crippen LogP contribution in [0.25, 0.3) is 0 Å². The number of amides is 2. The summed E-state index contributed by atoms with van der Waals surface area (Å²) in [5, 5.41) is 7.88. The first-order valence-electron chi connectivity index (χ1n) is 7.95. The van der Waals surface area contributed by atoms with E-state index >= 15 is 0 Å². The summed E-state index contributed by atoms with van der Waals surface area (Å²) in [5.74, 6) is -0.0459. The van der Waals surface area contributed by atoms with Crippen LogP contribution >= 0.6 is 11.3 Å². The second-order valence-corrected chi connectivity index (χ2v) is 6.74. The largest absolute Gasteiger partial charge is 0.484 e. The molecule has 3 rings (SSSR count). The Bertz CT molecular complexity index is 794. The summed E-state index contributed by atoms with van der Waals surface area (Å²) in [4.78, 5) is 35.4. The normalized spacial score (nSPS) is 13.2. The lowest BCUT2D eigenvalue weighted by Gasteiger charge is -2.08. The van der Waals surface area contributed by atoms with Gasteiger partial charge in [-0.2, -0.15) is 0 Å². The van der Waals surface area contributed by atoms with Gasteiger partial charge in [0.25, 0.3) is 11.8 Å². The first-order chi connectivity index (χ1) is 12.0. The highest BCUT2D eigenvalue weighted by atomic mass is 32.1. The molecule has 7 heteroatoms. The summed E-state index contributed by atoms with van der Waals surface area (Å²) in [6, 6.07) is 8.54. The number of hydrogen-bond acceptors (Lipinski definition) is 5. The smallest absolute Gasteiger partial charge is 0.262 e. The van der Waals surface area contributed by atoms with Gasteiger partial charge in [-0.1, -0.05) is 0 Å². The van der Waals surface area contributed by atoms with E-state index in [1.165, 1.54) is 18.3 Å². The van der Waals surface area contributed by atoms with Gasteiger partial charge < -0.3 is 15.4 Å². The molecule has 2 N–H and O–H groups in total. The van der Waals surface area contributed by atoms with Crippen molar-refractivity contribution in [3.8, 4) is 5.75 Å². The highest BCUT2D eigenvalue weighted by Crippen LogP contribution is 2.25. The number of ether oxygens (including phenoxy) is 1. The average Bonchev–Trinajstić information content (AvgIpc) is 3.28. The van der Waals surface area contributed by atoms with Crippen LogP contribution in [0.15, 0.2) is 35.7 Å². The van der Waals surface area contributed by atoms with Gasteiger partial charge in [-0.25, -0.2) is 0 Å². The zero-order chi connectivity index (χ0) is 17.8. The Morgan fingerprint density at radius 1 is 1.16 bits per heavy atom. The van der Waals surface area contributed by atoms with E-state index in [2.05, 4.69) is 10.6 Å². The molecule has 0 aliphatic heterocycles. The zero-order valence-corrected chi connectivity index (χ0v) is 14.5. The maximum atomic E-state index is 12.1. The summed E-state index contributed by atoms with van der Waals surface area (Å²) in [7, 11) is 0. The average molecular weight is 358 g/mol. The molecule has 25 heavy (non-hydrogen) atoms. The molecule has 1 aromatic carbocycles. The van der Waals surface area contributed by atoms with Crippen LogP contribution in [0.2, 0.25) is 0 Å². The fourth-order valence-corrected chi connectivity index (χ4v) is 2.97. The fraction of sp³-hybridized carbons (Fsp3) is 0.278. The molecule has 1 aliphatic carbocycles. The molecule has 1 aliphatic rings. The number of carbonyl (C=O) groups excluding carboxylic acids is 3. The number of anilines is 1. The van der Waals surface area contributed by atoms with Crippen molar-refractivity contribution in [3.05, 3.63) is 46.8 Å². The minimum Gasteiger partial charge on any atom is -0.484 e. The number of hydrogen-bond donors (Lipinski definition) is 2. The Kier molecular flexibility index (Phi) is 5.14. The van der Waals surface area contributed by atoms with E-state index < -0.39 is 0 Å². The van der Waals surface area contributed by atoms with E-state index in [1.807, 2.05) is 0 Å². The number of benzene rings is 1. The van der Waals surface area contributed by atoms with E-state index in [1.54, 1.807) is 35.7 Å². The fourth-order valence-electron chi connectivity index (χ4n) is 2.17. The van der Waals surface area contributed by atoms with Crippen LogP contribution in [0.5, 0.6) is 5.75 Å². The number of rotatable bonds is 7. The van der Waals surface area contributed by atoms with Crippen molar-refractivity contribution >= 4 is 33.9 Å². The number of carbonyl (C=O) groups is 3. The molecule has 0 spiro atoms. The molecule has 0 bridgehead atoms. The third kappa shape index (κ3) is 4.67. The van der Waals surface area contributed by atoms with Gasteiger partial charge in [0.2, 0.25) is 0 Å². The standard InChI is InChI=1S/C18H18N2O4S/c1-11(21)12-2-6-14(7-3-12)24-10-16(22)20-18-15(8-9-25-18)17(23)19-13-4-5-13/h2-3,6-9,13H,4-5,10H2,1H3,(H,19,23)(H,20,22). The third-order valence-electron chi connectivity index (χ3n) is 3.71. The van der Waals surface area contributed by atoms with Crippen molar-refractivity contribution in [3.63, 3.8) is 0 Å². The van der Waals surface area contributed by atoms with Gasteiger partial charge in [0.1, 0.15) is 10.8 Å². The summed E-state index contributed by atoms with van der Waals surface area (Å²) in [6.07, 6.45) is 2.02. The van der Waals surface area contributed by atoms with Gasteiger partial charge in [0, 0.05) is 11.6 Å². The molecular weight excluding hydrogens is 340 g/mol. The minimum atomic E-state index is -0.349. The highest BCUT2D eigenvalue weighted by Gasteiger charge is 2.25. The maximum Gasteiger partial charge on any atom is 0.262 e. The van der Waals surface area contributed by atoms with Gasteiger partial charge in [-0.15, -0.1) is 11.3 Å². The SMILES string of the molecule is CC(=O)c1ccc(OCC(=O)Nc2sccc2C(=O)NC2CC2)cc1. The van der Waals surface area contributed by atoms with Gasteiger partial charge in [0.05, 0.1) is 5.56 Å². The topological polar surface area (TPSA) is 84.5 Å². The van der Waals surface area contributed by atoms with Crippen LogP contribution in [-0.2, 0) is 4.79 Å². The van der Waals surface area contributed by atoms with Crippen LogP contribution in [0.1, 0.15) is 40.5 Å². The predicted molar refractivity (Wildman–Crippen MR) is 95.4 cm³/mol. The molecule has 0 saturated heterocycles. The highest BCUT2D eigenvalue weighted by molar-refractivity contribution is 7.14. The summed E-state index contributed by atoms with van der Waals surface area (Å²) in [5.41, 5.74) is 1.05. The first-order valence-corrected chi connectivity index (χ1v) is 8.83. The number of ketones is 1. The van der Waals surface area contributed by atoms with Gasteiger partial charge in [-0.3, -0.25) is 14.4 Å². The maximum absolute atomic E-state index is 12.1. The molecular formula is C18H18N2O4S. The monoisotopic (exact) mass is 358 g/mol. The Morgan fingerprint density at radius 3 is 2.52 bits per heavy atom.